The van der Waals surface area contributed by atoms with Crippen LogP contribution in [0.5, 0.6) is 5.75 Å². The molecule has 0 saturated carbocycles. The Labute approximate surface area is 130 Å². The van der Waals surface area contributed by atoms with Gasteiger partial charge in [-0.05, 0) is 39.3 Å². The maximum atomic E-state index is 12.0. The minimum Gasteiger partial charge on any atom is -0.492 e. The SMILES string of the molecule is CC(C)(C)OC(=O)N1CCC(COc2ccc(Cl)nc2)C1. The van der Waals surface area contributed by atoms with E-state index in [2.05, 4.69) is 4.98 Å². The lowest BCUT2D eigenvalue weighted by Gasteiger charge is -2.24. The summed E-state index contributed by atoms with van der Waals surface area (Å²) in [5, 5.41) is 0.444. The smallest absolute Gasteiger partial charge is 0.410 e. The summed E-state index contributed by atoms with van der Waals surface area (Å²) < 4.78 is 11.0. The molecule has 1 amide bonds. The Hall–Kier alpha value is -1.49. The molecule has 0 radical (unpaired) electrons. The Morgan fingerprint density at radius 3 is 2.86 bits per heavy atom. The average molecular weight is 313 g/mol. The van der Waals surface area contributed by atoms with Crippen LogP contribution in [-0.4, -0.2) is 41.3 Å². The van der Waals surface area contributed by atoms with Crippen LogP contribution in [-0.2, 0) is 4.74 Å². The van der Waals surface area contributed by atoms with Crippen molar-refractivity contribution in [2.45, 2.75) is 32.8 Å². The van der Waals surface area contributed by atoms with Crippen molar-refractivity contribution in [3.8, 4) is 5.75 Å². The van der Waals surface area contributed by atoms with Gasteiger partial charge in [0.05, 0.1) is 12.8 Å². The molecule has 116 valence electrons. The summed E-state index contributed by atoms with van der Waals surface area (Å²) in [5.74, 6) is 1.00. The zero-order valence-corrected chi connectivity index (χ0v) is 13.4. The largest absolute Gasteiger partial charge is 0.492 e. The summed E-state index contributed by atoms with van der Waals surface area (Å²) in [6.45, 7) is 7.54. The quantitative estimate of drug-likeness (QED) is 0.803. The summed E-state index contributed by atoms with van der Waals surface area (Å²) >= 11 is 5.72. The van der Waals surface area contributed by atoms with Crippen molar-refractivity contribution < 1.29 is 14.3 Å². The second-order valence-electron chi connectivity index (χ2n) is 6.21. The molecule has 1 aromatic rings. The summed E-state index contributed by atoms with van der Waals surface area (Å²) in [5.41, 5.74) is -0.458. The summed E-state index contributed by atoms with van der Waals surface area (Å²) in [6, 6.07) is 3.48. The van der Waals surface area contributed by atoms with E-state index >= 15 is 0 Å². The third kappa shape index (κ3) is 5.08. The second-order valence-corrected chi connectivity index (χ2v) is 6.60. The maximum Gasteiger partial charge on any atom is 0.410 e. The van der Waals surface area contributed by atoms with Gasteiger partial charge in [-0.1, -0.05) is 11.6 Å². The molecular formula is C15H21ClN2O3. The van der Waals surface area contributed by atoms with Crippen LogP contribution in [0.15, 0.2) is 18.3 Å². The minimum absolute atomic E-state index is 0.252. The van der Waals surface area contributed by atoms with Crippen LogP contribution in [0.25, 0.3) is 0 Å². The molecule has 0 N–H and O–H groups in total. The first-order valence-corrected chi connectivity index (χ1v) is 7.43. The van der Waals surface area contributed by atoms with Gasteiger partial charge in [-0.2, -0.15) is 0 Å². The highest BCUT2D eigenvalue weighted by Crippen LogP contribution is 2.21. The van der Waals surface area contributed by atoms with Crippen molar-refractivity contribution >= 4 is 17.7 Å². The Morgan fingerprint density at radius 2 is 2.24 bits per heavy atom. The number of nitrogens with zero attached hydrogens (tertiary/aromatic N) is 2. The predicted molar refractivity (Wildman–Crippen MR) is 80.7 cm³/mol. The zero-order chi connectivity index (χ0) is 15.5. The Bertz CT molecular complexity index is 485. The molecule has 1 fully saturated rings. The number of likely N-dealkylation sites (tertiary alicyclic amines) is 1. The van der Waals surface area contributed by atoms with Crippen LogP contribution >= 0.6 is 11.6 Å². The summed E-state index contributed by atoms with van der Waals surface area (Å²) in [4.78, 5) is 17.7. The monoisotopic (exact) mass is 312 g/mol. The van der Waals surface area contributed by atoms with E-state index in [-0.39, 0.29) is 6.09 Å². The molecule has 1 aliphatic heterocycles. The Kier molecular flexibility index (Phi) is 4.93. The van der Waals surface area contributed by atoms with E-state index in [1.165, 1.54) is 0 Å². The van der Waals surface area contributed by atoms with Crippen molar-refractivity contribution in [1.82, 2.24) is 9.88 Å². The third-order valence-electron chi connectivity index (χ3n) is 3.12. The van der Waals surface area contributed by atoms with Crippen LogP contribution in [0.3, 0.4) is 0 Å². The Balaban J connectivity index is 1.77. The molecule has 2 rings (SSSR count). The van der Waals surface area contributed by atoms with Crippen LogP contribution in [0.1, 0.15) is 27.2 Å². The fraction of sp³-hybridized carbons (Fsp3) is 0.600. The summed E-state index contributed by atoms with van der Waals surface area (Å²) in [7, 11) is 0. The van der Waals surface area contributed by atoms with Crippen molar-refractivity contribution in [3.63, 3.8) is 0 Å². The van der Waals surface area contributed by atoms with E-state index in [0.717, 1.165) is 6.42 Å². The molecule has 6 heteroatoms. The van der Waals surface area contributed by atoms with Gasteiger partial charge in [0.1, 0.15) is 16.5 Å². The fourth-order valence-electron chi connectivity index (χ4n) is 2.12. The maximum absolute atomic E-state index is 12.0. The highest BCUT2D eigenvalue weighted by atomic mass is 35.5. The van der Waals surface area contributed by atoms with E-state index in [1.807, 2.05) is 20.8 Å². The predicted octanol–water partition coefficient (Wildman–Crippen LogP) is 3.37. The molecule has 0 aliphatic carbocycles. The van der Waals surface area contributed by atoms with Crippen LogP contribution in [0.2, 0.25) is 5.15 Å². The van der Waals surface area contributed by atoms with E-state index in [4.69, 9.17) is 21.1 Å². The lowest BCUT2D eigenvalue weighted by atomic mass is 10.1. The average Bonchev–Trinajstić information content (AvgIpc) is 2.85. The number of carbonyl (C=O) groups is 1. The number of hydrogen-bond acceptors (Lipinski definition) is 4. The van der Waals surface area contributed by atoms with Gasteiger partial charge in [0.25, 0.3) is 0 Å². The van der Waals surface area contributed by atoms with Gasteiger partial charge in [0.15, 0.2) is 0 Å². The minimum atomic E-state index is -0.458. The molecule has 5 nitrogen and oxygen atoms in total. The first-order valence-electron chi connectivity index (χ1n) is 7.06. The molecular weight excluding hydrogens is 292 g/mol. The summed E-state index contributed by atoms with van der Waals surface area (Å²) in [6.07, 6.45) is 2.27. The molecule has 1 saturated heterocycles. The third-order valence-corrected chi connectivity index (χ3v) is 3.35. The van der Waals surface area contributed by atoms with Crippen LogP contribution in [0.4, 0.5) is 4.79 Å². The number of rotatable bonds is 3. The van der Waals surface area contributed by atoms with Crippen molar-refractivity contribution in [3.05, 3.63) is 23.5 Å². The zero-order valence-electron chi connectivity index (χ0n) is 12.6. The number of pyridine rings is 1. The number of aromatic nitrogens is 1. The van der Waals surface area contributed by atoms with Gasteiger partial charge < -0.3 is 14.4 Å². The van der Waals surface area contributed by atoms with E-state index in [0.29, 0.717) is 36.5 Å². The van der Waals surface area contributed by atoms with E-state index < -0.39 is 5.60 Å². The van der Waals surface area contributed by atoms with Crippen molar-refractivity contribution in [2.75, 3.05) is 19.7 Å². The lowest BCUT2D eigenvalue weighted by Crippen LogP contribution is -2.35. The van der Waals surface area contributed by atoms with Gasteiger partial charge in [0.2, 0.25) is 0 Å². The number of amides is 1. The van der Waals surface area contributed by atoms with Crippen molar-refractivity contribution in [1.29, 1.82) is 0 Å². The lowest BCUT2D eigenvalue weighted by molar-refractivity contribution is 0.0285. The highest BCUT2D eigenvalue weighted by Gasteiger charge is 2.30. The van der Waals surface area contributed by atoms with Crippen LogP contribution < -0.4 is 4.74 Å². The van der Waals surface area contributed by atoms with E-state index in [1.54, 1.807) is 23.2 Å². The molecule has 1 aromatic heterocycles. The van der Waals surface area contributed by atoms with Gasteiger partial charge in [-0.15, -0.1) is 0 Å². The molecule has 1 unspecified atom stereocenters. The van der Waals surface area contributed by atoms with Crippen LogP contribution in [0, 0.1) is 5.92 Å². The van der Waals surface area contributed by atoms with E-state index in [9.17, 15) is 4.79 Å². The standard InChI is InChI=1S/C15H21ClN2O3/c1-15(2,3)21-14(19)18-7-6-11(9-18)10-20-12-4-5-13(16)17-8-12/h4-5,8,11H,6-7,9-10H2,1-3H3. The van der Waals surface area contributed by atoms with Gasteiger partial charge >= 0.3 is 6.09 Å². The first kappa shape index (κ1) is 15.9. The number of carbonyl (C=O) groups excluding carboxylic acids is 1. The normalized spacial score (nSPS) is 18.7. The van der Waals surface area contributed by atoms with Gasteiger partial charge in [-0.3, -0.25) is 0 Å². The highest BCUT2D eigenvalue weighted by molar-refractivity contribution is 6.29. The number of ether oxygens (including phenoxy) is 2. The molecule has 2 heterocycles. The Morgan fingerprint density at radius 1 is 1.48 bits per heavy atom. The fourth-order valence-corrected chi connectivity index (χ4v) is 2.23. The van der Waals surface area contributed by atoms with Crippen molar-refractivity contribution in [2.24, 2.45) is 5.92 Å². The molecule has 0 bridgehead atoms. The number of hydrogen-bond donors (Lipinski definition) is 0. The molecule has 0 spiro atoms. The molecule has 0 aromatic carbocycles. The second kappa shape index (κ2) is 6.52. The van der Waals surface area contributed by atoms with Gasteiger partial charge in [-0.25, -0.2) is 9.78 Å². The van der Waals surface area contributed by atoms with Gasteiger partial charge in [0, 0.05) is 19.0 Å². The number of halogens is 1. The first-order chi connectivity index (χ1) is 9.83. The molecule has 1 atom stereocenters. The molecule has 21 heavy (non-hydrogen) atoms. The topological polar surface area (TPSA) is 51.7 Å². The molecule has 1 aliphatic rings.